The number of thiazole rings is 1. The average molecular weight is 487 g/mol. The SMILES string of the molecule is Cc1cccc(NS(=O)(=O)c2cc(-c3nc(C)c(C(=O)N4CCCCCC4)s3)n(C)c2C)c1. The van der Waals surface area contributed by atoms with Gasteiger partial charge < -0.3 is 9.47 Å². The Morgan fingerprint density at radius 3 is 2.42 bits per heavy atom. The Hall–Kier alpha value is -2.65. The van der Waals surface area contributed by atoms with Gasteiger partial charge in [-0.3, -0.25) is 9.52 Å². The fraction of sp³-hybridized carbons (Fsp3) is 0.417. The molecule has 9 heteroatoms. The summed E-state index contributed by atoms with van der Waals surface area (Å²) in [5, 5.41) is 0.647. The van der Waals surface area contributed by atoms with Crippen LogP contribution in [0, 0.1) is 20.8 Å². The van der Waals surface area contributed by atoms with E-state index in [-0.39, 0.29) is 10.8 Å². The minimum Gasteiger partial charge on any atom is -0.345 e. The molecule has 1 aromatic carbocycles. The highest BCUT2D eigenvalue weighted by atomic mass is 32.2. The van der Waals surface area contributed by atoms with Gasteiger partial charge in [0.25, 0.3) is 15.9 Å². The lowest BCUT2D eigenvalue weighted by atomic mass is 10.2. The highest BCUT2D eigenvalue weighted by Gasteiger charge is 2.27. The van der Waals surface area contributed by atoms with Gasteiger partial charge in [-0.1, -0.05) is 25.0 Å². The zero-order valence-corrected chi connectivity index (χ0v) is 21.1. The van der Waals surface area contributed by atoms with E-state index in [0.717, 1.165) is 44.3 Å². The second-order valence-electron chi connectivity index (χ2n) is 8.65. The van der Waals surface area contributed by atoms with Crippen LogP contribution in [0.25, 0.3) is 10.7 Å². The van der Waals surface area contributed by atoms with E-state index in [1.807, 2.05) is 42.5 Å². The Balaban J connectivity index is 1.65. The lowest BCUT2D eigenvalue weighted by Gasteiger charge is -2.19. The lowest BCUT2D eigenvalue weighted by molar-refractivity contribution is 0.0765. The van der Waals surface area contributed by atoms with Crippen molar-refractivity contribution in [2.45, 2.75) is 51.3 Å². The first kappa shape index (κ1) is 23.5. The van der Waals surface area contributed by atoms with E-state index in [9.17, 15) is 13.2 Å². The number of aryl methyl sites for hydroxylation is 2. The molecule has 0 aliphatic carbocycles. The molecule has 4 rings (SSSR count). The Morgan fingerprint density at radius 2 is 1.76 bits per heavy atom. The molecule has 33 heavy (non-hydrogen) atoms. The second-order valence-corrected chi connectivity index (χ2v) is 11.3. The largest absolute Gasteiger partial charge is 0.345 e. The van der Waals surface area contributed by atoms with Crippen molar-refractivity contribution in [1.29, 1.82) is 0 Å². The maximum absolute atomic E-state index is 13.1. The maximum atomic E-state index is 13.1. The summed E-state index contributed by atoms with van der Waals surface area (Å²) in [7, 11) is -1.96. The molecule has 1 aliphatic heterocycles. The summed E-state index contributed by atoms with van der Waals surface area (Å²) in [5.74, 6) is 0.0260. The Labute approximate surface area is 199 Å². The van der Waals surface area contributed by atoms with Crippen LogP contribution in [-0.2, 0) is 17.1 Å². The number of carbonyl (C=O) groups excluding carboxylic acids is 1. The van der Waals surface area contributed by atoms with E-state index >= 15 is 0 Å². The summed E-state index contributed by atoms with van der Waals surface area (Å²) in [5.41, 5.74) is 3.47. The van der Waals surface area contributed by atoms with E-state index in [0.29, 0.717) is 32.7 Å². The summed E-state index contributed by atoms with van der Waals surface area (Å²) in [4.78, 5) is 20.6. The highest BCUT2D eigenvalue weighted by molar-refractivity contribution is 7.92. The van der Waals surface area contributed by atoms with Crippen molar-refractivity contribution < 1.29 is 13.2 Å². The van der Waals surface area contributed by atoms with E-state index in [2.05, 4.69) is 9.71 Å². The third-order valence-electron chi connectivity index (χ3n) is 6.15. The number of aromatic nitrogens is 2. The molecule has 2 aromatic heterocycles. The molecule has 1 saturated heterocycles. The van der Waals surface area contributed by atoms with Gasteiger partial charge in [-0.25, -0.2) is 13.4 Å². The molecule has 7 nitrogen and oxygen atoms in total. The van der Waals surface area contributed by atoms with Gasteiger partial charge in [-0.2, -0.15) is 0 Å². The fourth-order valence-corrected chi connectivity index (χ4v) is 6.62. The number of amides is 1. The monoisotopic (exact) mass is 486 g/mol. The number of carbonyl (C=O) groups is 1. The van der Waals surface area contributed by atoms with Gasteiger partial charge in [0.1, 0.15) is 14.8 Å². The van der Waals surface area contributed by atoms with Gasteiger partial charge in [0.05, 0.1) is 11.4 Å². The van der Waals surface area contributed by atoms with Gasteiger partial charge >= 0.3 is 0 Å². The van der Waals surface area contributed by atoms with Gasteiger partial charge in [-0.15, -0.1) is 11.3 Å². The number of hydrogen-bond donors (Lipinski definition) is 1. The quantitative estimate of drug-likeness (QED) is 0.556. The van der Waals surface area contributed by atoms with E-state index in [1.165, 1.54) is 11.3 Å². The van der Waals surface area contributed by atoms with Crippen molar-refractivity contribution in [2.24, 2.45) is 7.05 Å². The van der Waals surface area contributed by atoms with Crippen molar-refractivity contribution in [1.82, 2.24) is 14.5 Å². The smallest absolute Gasteiger partial charge is 0.265 e. The van der Waals surface area contributed by atoms with Crippen LogP contribution in [0.3, 0.4) is 0 Å². The molecular formula is C24H30N4O3S2. The van der Waals surface area contributed by atoms with Crippen LogP contribution in [-0.4, -0.2) is 41.9 Å². The number of benzene rings is 1. The van der Waals surface area contributed by atoms with Crippen LogP contribution in [0.15, 0.2) is 35.2 Å². The molecule has 0 atom stereocenters. The summed E-state index contributed by atoms with van der Waals surface area (Å²) >= 11 is 1.34. The number of nitrogens with zero attached hydrogens (tertiary/aromatic N) is 3. The highest BCUT2D eigenvalue weighted by Crippen LogP contribution is 2.33. The predicted octanol–water partition coefficient (Wildman–Crippen LogP) is 4.89. The molecule has 1 N–H and O–H groups in total. The number of likely N-dealkylation sites (tertiary alicyclic amines) is 1. The number of nitrogens with one attached hydrogen (secondary N) is 1. The predicted molar refractivity (Wildman–Crippen MR) is 132 cm³/mol. The first-order valence-corrected chi connectivity index (χ1v) is 13.5. The zero-order valence-electron chi connectivity index (χ0n) is 19.5. The van der Waals surface area contributed by atoms with Crippen LogP contribution in [0.2, 0.25) is 0 Å². The molecule has 3 aromatic rings. The third kappa shape index (κ3) is 4.84. The fourth-order valence-electron chi connectivity index (χ4n) is 4.19. The van der Waals surface area contributed by atoms with Crippen LogP contribution in [0.1, 0.15) is 52.3 Å². The molecule has 1 aliphatic rings. The summed E-state index contributed by atoms with van der Waals surface area (Å²) in [6.45, 7) is 7.10. The number of sulfonamides is 1. The van der Waals surface area contributed by atoms with Crippen LogP contribution < -0.4 is 4.72 Å². The topological polar surface area (TPSA) is 84.3 Å². The molecule has 3 heterocycles. The molecule has 1 amide bonds. The normalized spacial score (nSPS) is 14.8. The molecule has 0 bridgehead atoms. The van der Waals surface area contributed by atoms with Crippen LogP contribution in [0.5, 0.6) is 0 Å². The van der Waals surface area contributed by atoms with Gasteiger partial charge in [0, 0.05) is 31.5 Å². The van der Waals surface area contributed by atoms with Crippen LogP contribution in [0.4, 0.5) is 5.69 Å². The molecule has 1 fully saturated rings. The van der Waals surface area contributed by atoms with E-state index < -0.39 is 10.0 Å². The van der Waals surface area contributed by atoms with Gasteiger partial charge in [0.15, 0.2) is 0 Å². The Kier molecular flexibility index (Phi) is 6.63. The van der Waals surface area contributed by atoms with Crippen molar-refractivity contribution in [3.8, 4) is 10.7 Å². The molecule has 0 spiro atoms. The van der Waals surface area contributed by atoms with Crippen LogP contribution >= 0.6 is 11.3 Å². The standard InChI is InChI=1S/C24H30N4O3S2/c1-16-10-9-11-19(14-16)26-33(30,31)21-15-20(27(4)18(21)3)23-25-17(2)22(32-23)24(29)28-12-7-5-6-8-13-28/h9-11,14-15,26H,5-8,12-13H2,1-4H3. The first-order chi connectivity index (χ1) is 15.7. The summed E-state index contributed by atoms with van der Waals surface area (Å²) < 4.78 is 30.8. The van der Waals surface area contributed by atoms with E-state index in [4.69, 9.17) is 0 Å². The molecular weight excluding hydrogens is 456 g/mol. The average Bonchev–Trinajstić information content (AvgIpc) is 3.14. The number of rotatable bonds is 5. The maximum Gasteiger partial charge on any atom is 0.265 e. The van der Waals surface area contributed by atoms with Crippen molar-refractivity contribution in [2.75, 3.05) is 17.8 Å². The Bertz CT molecular complexity index is 1280. The van der Waals surface area contributed by atoms with Crippen molar-refractivity contribution in [3.05, 3.63) is 52.2 Å². The first-order valence-electron chi connectivity index (χ1n) is 11.2. The Morgan fingerprint density at radius 1 is 1.06 bits per heavy atom. The third-order valence-corrected chi connectivity index (χ3v) is 8.82. The lowest BCUT2D eigenvalue weighted by Crippen LogP contribution is -2.31. The minimum absolute atomic E-state index is 0.0260. The van der Waals surface area contributed by atoms with Gasteiger partial charge in [0.2, 0.25) is 0 Å². The molecule has 0 unspecified atom stereocenters. The number of hydrogen-bond acceptors (Lipinski definition) is 5. The molecule has 0 radical (unpaired) electrons. The van der Waals surface area contributed by atoms with E-state index in [1.54, 1.807) is 25.1 Å². The molecule has 176 valence electrons. The number of anilines is 1. The van der Waals surface area contributed by atoms with Crippen molar-refractivity contribution in [3.63, 3.8) is 0 Å². The minimum atomic E-state index is -3.78. The summed E-state index contributed by atoms with van der Waals surface area (Å²) in [6, 6.07) is 8.90. The summed E-state index contributed by atoms with van der Waals surface area (Å²) in [6.07, 6.45) is 4.38. The molecule has 0 saturated carbocycles. The van der Waals surface area contributed by atoms with Crippen molar-refractivity contribution >= 4 is 33.0 Å². The zero-order chi connectivity index (χ0) is 23.8. The second kappa shape index (κ2) is 9.30. The van der Waals surface area contributed by atoms with Gasteiger partial charge in [-0.05, 0) is 57.4 Å².